The topological polar surface area (TPSA) is 256 Å². The first-order valence-electron chi connectivity index (χ1n) is 8.95. The fourth-order valence-electron chi connectivity index (χ4n) is 2.96. The number of nitrogen functional groups attached to an aromatic ring is 1. The monoisotopic (exact) mass is 529 g/mol. The molecule has 0 aromatic carbocycles. The van der Waals surface area contributed by atoms with Crippen molar-refractivity contribution < 1.29 is 55.7 Å². The quantitative estimate of drug-likeness (QED) is 0.137. The van der Waals surface area contributed by atoms with Crippen LogP contribution in [0.25, 0.3) is 11.2 Å². The number of nitrogens with zero attached hydrogens (tertiary/aromatic N) is 4. The van der Waals surface area contributed by atoms with Crippen LogP contribution in [-0.4, -0.2) is 53.4 Å². The normalized spacial score (nSPS) is 22.5. The molecule has 1 aliphatic rings. The van der Waals surface area contributed by atoms with Crippen molar-refractivity contribution in [1.82, 2.24) is 14.5 Å². The molecular formula is C13H20N6O11P3+. The number of phosphoric acid groups is 3. The lowest BCUT2D eigenvalue weighted by molar-refractivity contribution is -0.738. The van der Waals surface area contributed by atoms with E-state index in [1.165, 1.54) is 10.9 Å². The predicted octanol–water partition coefficient (Wildman–Crippen LogP) is -0.910. The Kier molecular flexibility index (Phi) is 7.72. The molecule has 0 spiro atoms. The highest BCUT2D eigenvalue weighted by Crippen LogP contribution is 2.66. The Balaban J connectivity index is 1.68. The molecule has 3 heterocycles. The number of rotatable bonds is 8. The summed E-state index contributed by atoms with van der Waals surface area (Å²) in [5.74, 6) is 2.87. The molecule has 2 aromatic heterocycles. The second kappa shape index (κ2) is 9.85. The van der Waals surface area contributed by atoms with Gasteiger partial charge in [-0.3, -0.25) is 4.52 Å². The summed E-state index contributed by atoms with van der Waals surface area (Å²) >= 11 is 0. The molecule has 17 nitrogen and oxygen atoms in total. The third-order valence-corrected chi connectivity index (χ3v) is 7.90. The first kappa shape index (κ1) is 25.9. The fourth-order valence-corrected chi connectivity index (χ4v) is 6.01. The average Bonchev–Trinajstić information content (AvgIpc) is 3.27. The minimum atomic E-state index is -5.59. The van der Waals surface area contributed by atoms with Crippen LogP contribution < -0.4 is 16.0 Å². The van der Waals surface area contributed by atoms with Gasteiger partial charge >= 0.3 is 29.1 Å². The van der Waals surface area contributed by atoms with Gasteiger partial charge in [-0.1, -0.05) is 4.98 Å². The Morgan fingerprint density at radius 1 is 1.18 bits per heavy atom. The number of ether oxygens (including phenoxy) is 1. The van der Waals surface area contributed by atoms with Gasteiger partial charge < -0.3 is 35.8 Å². The number of fused-ring (bicyclic) bond motifs is 1. The van der Waals surface area contributed by atoms with Gasteiger partial charge in [-0.15, -0.1) is 0 Å². The second-order valence-corrected chi connectivity index (χ2v) is 10.9. The summed E-state index contributed by atoms with van der Waals surface area (Å²) in [4.78, 5) is 44.0. The molecule has 0 bridgehead atoms. The van der Waals surface area contributed by atoms with E-state index < -0.39 is 42.4 Å². The molecule has 1 saturated heterocycles. The summed E-state index contributed by atoms with van der Waals surface area (Å²) in [6.07, 6.45) is 2.25. The molecule has 3 rings (SSSR count). The molecule has 0 radical (unpaired) electrons. The van der Waals surface area contributed by atoms with Gasteiger partial charge in [0.15, 0.2) is 18.4 Å². The Hall–Kier alpha value is -1.76. The van der Waals surface area contributed by atoms with Gasteiger partial charge in [-0.25, -0.2) is 18.3 Å². The van der Waals surface area contributed by atoms with E-state index in [0.29, 0.717) is 24.0 Å². The molecule has 1 aliphatic heterocycles. The molecule has 8 N–H and O–H groups in total. The van der Waals surface area contributed by atoms with E-state index in [2.05, 4.69) is 35.1 Å². The highest BCUT2D eigenvalue weighted by molar-refractivity contribution is 7.66. The molecule has 2 aromatic rings. The lowest BCUT2D eigenvalue weighted by atomic mass is 10.2. The van der Waals surface area contributed by atoms with Crippen molar-refractivity contribution in [2.24, 2.45) is 5.73 Å². The van der Waals surface area contributed by atoms with Crippen LogP contribution in [-0.2, 0) is 31.6 Å². The SMILES string of the molecule is NCC#Cn1c[n+]([C@H]2CC[C@@H](COP(=O)(O)OP(=O)(O)OP(=O)(O)O)O2)c2ncnc(N)c21. The maximum Gasteiger partial charge on any atom is 0.490 e. The minimum Gasteiger partial charge on any atom is -0.380 e. The van der Waals surface area contributed by atoms with Crippen LogP contribution in [0.1, 0.15) is 19.1 Å². The zero-order chi connectivity index (χ0) is 24.4. The van der Waals surface area contributed by atoms with Crippen molar-refractivity contribution >= 4 is 40.4 Å². The lowest BCUT2D eigenvalue weighted by Crippen LogP contribution is -2.39. The molecule has 0 aliphatic carbocycles. The molecule has 182 valence electrons. The van der Waals surface area contributed by atoms with Crippen LogP contribution in [0.4, 0.5) is 5.82 Å². The fraction of sp³-hybridized carbons (Fsp3) is 0.462. The van der Waals surface area contributed by atoms with E-state index in [-0.39, 0.29) is 12.4 Å². The summed E-state index contributed by atoms with van der Waals surface area (Å²) < 4.78 is 54.8. The van der Waals surface area contributed by atoms with Crippen molar-refractivity contribution in [1.29, 1.82) is 0 Å². The minimum absolute atomic E-state index is 0.107. The molecule has 20 heteroatoms. The largest absolute Gasteiger partial charge is 0.490 e. The summed E-state index contributed by atoms with van der Waals surface area (Å²) in [5, 5.41) is 0. The molecule has 33 heavy (non-hydrogen) atoms. The van der Waals surface area contributed by atoms with Crippen molar-refractivity contribution in [2.75, 3.05) is 18.9 Å². The van der Waals surface area contributed by atoms with Crippen LogP contribution in [0.5, 0.6) is 0 Å². The molecule has 1 fully saturated rings. The maximum absolute atomic E-state index is 11.9. The average molecular weight is 529 g/mol. The van der Waals surface area contributed by atoms with Crippen LogP contribution >= 0.6 is 23.5 Å². The van der Waals surface area contributed by atoms with Crippen LogP contribution in [0, 0.1) is 12.0 Å². The molecular weight excluding hydrogens is 509 g/mol. The first-order valence-corrected chi connectivity index (χ1v) is 13.5. The highest BCUT2D eigenvalue weighted by Gasteiger charge is 2.42. The number of aromatic nitrogens is 4. The van der Waals surface area contributed by atoms with Crippen molar-refractivity contribution in [3.8, 4) is 12.0 Å². The van der Waals surface area contributed by atoms with Gasteiger partial charge in [0.05, 0.1) is 25.3 Å². The van der Waals surface area contributed by atoms with E-state index in [4.69, 9.17) is 26.0 Å². The van der Waals surface area contributed by atoms with Gasteiger partial charge in [-0.2, -0.15) is 18.2 Å². The Morgan fingerprint density at radius 2 is 1.91 bits per heavy atom. The Bertz CT molecular complexity index is 1240. The molecule has 2 unspecified atom stereocenters. The van der Waals surface area contributed by atoms with Crippen LogP contribution in [0.15, 0.2) is 12.7 Å². The van der Waals surface area contributed by atoms with Crippen molar-refractivity contribution in [3.63, 3.8) is 0 Å². The lowest BCUT2D eigenvalue weighted by Gasteiger charge is -2.18. The molecule has 0 amide bonds. The summed E-state index contributed by atoms with van der Waals surface area (Å²) in [6, 6.07) is 2.79. The van der Waals surface area contributed by atoms with E-state index in [0.717, 1.165) is 0 Å². The van der Waals surface area contributed by atoms with E-state index in [1.54, 1.807) is 10.9 Å². The smallest absolute Gasteiger partial charge is 0.380 e. The van der Waals surface area contributed by atoms with Gasteiger partial charge in [0.2, 0.25) is 11.8 Å². The van der Waals surface area contributed by atoms with Gasteiger partial charge in [0, 0.05) is 6.42 Å². The molecule has 4 atom stereocenters. The number of imidazole rings is 1. The Labute approximate surface area is 185 Å². The van der Waals surface area contributed by atoms with Gasteiger partial charge in [-0.05, 0) is 12.3 Å². The second-order valence-electron chi connectivity index (χ2n) is 6.49. The van der Waals surface area contributed by atoms with Gasteiger partial charge in [0.1, 0.15) is 0 Å². The maximum atomic E-state index is 11.9. The van der Waals surface area contributed by atoms with Crippen molar-refractivity contribution in [3.05, 3.63) is 12.7 Å². The van der Waals surface area contributed by atoms with Crippen molar-refractivity contribution in [2.45, 2.75) is 25.2 Å². The standard InChI is InChI=1S/C13H19N6O11P3/c14-4-1-5-18-8-19(13-11(18)12(15)16-7-17-13)10-3-2-9(28-10)6-27-32(23,24)30-33(25,26)29-31(20,21)22/h7-10H,2-4,6,14H2,(H5-,15,16,17,20,21,22,23,24,25,26)/p+1/t9-,10+/m0/s1. The zero-order valence-electron chi connectivity index (χ0n) is 16.6. The number of nitrogens with two attached hydrogens (primary N) is 2. The van der Waals surface area contributed by atoms with E-state index in [9.17, 15) is 23.5 Å². The van der Waals surface area contributed by atoms with Gasteiger partial charge in [0.25, 0.3) is 0 Å². The summed E-state index contributed by atoms with van der Waals surface area (Å²) in [5.41, 5.74) is 12.2. The number of phosphoric ester groups is 1. The van der Waals surface area contributed by atoms with Crippen LogP contribution in [0.2, 0.25) is 0 Å². The zero-order valence-corrected chi connectivity index (χ0v) is 19.3. The summed E-state index contributed by atoms with van der Waals surface area (Å²) in [6.45, 7) is -0.445. The highest BCUT2D eigenvalue weighted by atomic mass is 31.3. The number of hydrogen-bond donors (Lipinski definition) is 6. The number of hydrogen-bond acceptors (Lipinski definition) is 11. The Morgan fingerprint density at radius 3 is 2.58 bits per heavy atom. The van der Waals surface area contributed by atoms with E-state index in [1.807, 2.05) is 0 Å². The van der Waals surface area contributed by atoms with Crippen LogP contribution in [0.3, 0.4) is 0 Å². The molecule has 0 saturated carbocycles. The summed E-state index contributed by atoms with van der Waals surface area (Å²) in [7, 11) is -16.3. The predicted molar refractivity (Wildman–Crippen MR) is 107 cm³/mol. The van der Waals surface area contributed by atoms with E-state index >= 15 is 0 Å². The number of anilines is 1. The third kappa shape index (κ3) is 6.87. The third-order valence-electron chi connectivity index (χ3n) is 4.09. The first-order chi connectivity index (χ1) is 15.3.